The van der Waals surface area contributed by atoms with Gasteiger partial charge in [0.2, 0.25) is 5.91 Å². The lowest BCUT2D eigenvalue weighted by Crippen LogP contribution is -2.27. The molecule has 0 aliphatic heterocycles. The van der Waals surface area contributed by atoms with Crippen molar-refractivity contribution < 1.29 is 14.3 Å². The number of aromatic nitrogens is 6. The van der Waals surface area contributed by atoms with Gasteiger partial charge in [0, 0.05) is 54.9 Å². The third-order valence-corrected chi connectivity index (χ3v) is 7.19. The third-order valence-electron chi connectivity index (χ3n) is 7.19. The van der Waals surface area contributed by atoms with Crippen molar-refractivity contribution in [1.82, 2.24) is 35.0 Å². The molecule has 45 heavy (non-hydrogen) atoms. The quantitative estimate of drug-likeness (QED) is 0.206. The largest absolute Gasteiger partial charge is 0.494 e. The number of benzene rings is 1. The van der Waals surface area contributed by atoms with E-state index in [0.717, 1.165) is 24.0 Å². The molecule has 0 radical (unpaired) electrons. The maximum Gasteiger partial charge on any atom is 0.272 e. The molecule has 0 atom stereocenters. The summed E-state index contributed by atoms with van der Waals surface area (Å²) in [7, 11) is 3.23. The van der Waals surface area contributed by atoms with E-state index in [0.29, 0.717) is 45.7 Å². The van der Waals surface area contributed by atoms with Crippen LogP contribution in [-0.2, 0) is 11.3 Å². The second kappa shape index (κ2) is 12.6. The first kappa shape index (κ1) is 28.9. The molecule has 0 unspecified atom stereocenters. The fourth-order valence-electron chi connectivity index (χ4n) is 4.74. The van der Waals surface area contributed by atoms with Crippen molar-refractivity contribution >= 4 is 29.0 Å². The number of hydrogen-bond acceptors (Lipinski definition) is 10. The molecule has 1 aliphatic rings. The molecular weight excluding hydrogens is 572 g/mol. The molecule has 6 rings (SSSR count). The number of nitrogens with one attached hydrogen (secondary N) is 3. The minimum absolute atomic E-state index is 0.0129. The number of rotatable bonds is 10. The molecule has 2 amide bonds. The standard InChI is InChI=1S/C32H28N10O3/c1-42(18-22-14-19(16-33)10-11-34-22)32(44)25-9-8-21(17-37-25)23-4-3-5-24(29(23)45-2)38-26-15-27(39-31(43)20-6-7-20)40-41-28(26)30-35-12-13-36-30/h3-5,8-15,17,20H,6-7,18H2,1-2H3,(H,35,36)(H2,38,39,40,43). The smallest absolute Gasteiger partial charge is 0.272 e. The number of carbonyl (C=O) groups is 2. The molecular formula is C32H28N10O3. The summed E-state index contributed by atoms with van der Waals surface area (Å²) in [6, 6.07) is 16.1. The van der Waals surface area contributed by atoms with E-state index < -0.39 is 0 Å². The maximum atomic E-state index is 13.1. The van der Waals surface area contributed by atoms with Gasteiger partial charge in [-0.15, -0.1) is 10.2 Å². The maximum absolute atomic E-state index is 13.1. The van der Waals surface area contributed by atoms with Crippen LogP contribution < -0.4 is 15.4 Å². The zero-order valence-corrected chi connectivity index (χ0v) is 24.5. The predicted molar refractivity (Wildman–Crippen MR) is 165 cm³/mol. The number of methoxy groups -OCH3 is 1. The number of ether oxygens (including phenoxy) is 1. The van der Waals surface area contributed by atoms with Gasteiger partial charge in [-0.25, -0.2) is 4.98 Å². The highest BCUT2D eigenvalue weighted by Gasteiger charge is 2.30. The summed E-state index contributed by atoms with van der Waals surface area (Å²) in [4.78, 5) is 43.0. The number of nitrogens with zero attached hydrogens (tertiary/aromatic N) is 7. The van der Waals surface area contributed by atoms with Gasteiger partial charge in [0.05, 0.1) is 42.4 Å². The van der Waals surface area contributed by atoms with Crippen LogP contribution in [0.5, 0.6) is 5.75 Å². The summed E-state index contributed by atoms with van der Waals surface area (Å²) in [5.41, 5.74) is 4.46. The molecule has 13 heteroatoms. The van der Waals surface area contributed by atoms with Crippen LogP contribution in [0.3, 0.4) is 0 Å². The first-order valence-corrected chi connectivity index (χ1v) is 14.1. The number of para-hydroxylation sites is 1. The van der Waals surface area contributed by atoms with Crippen molar-refractivity contribution in [3.8, 4) is 34.5 Å². The summed E-state index contributed by atoms with van der Waals surface area (Å²) in [6.07, 6.45) is 8.21. The lowest BCUT2D eigenvalue weighted by Gasteiger charge is -2.18. The van der Waals surface area contributed by atoms with Crippen molar-refractivity contribution in [3.63, 3.8) is 0 Å². The molecule has 224 valence electrons. The molecule has 0 bridgehead atoms. The Labute approximate surface area is 258 Å². The number of aromatic amines is 1. The Hall–Kier alpha value is -6.16. The second-order valence-electron chi connectivity index (χ2n) is 10.4. The van der Waals surface area contributed by atoms with Crippen molar-refractivity contribution in [3.05, 3.63) is 90.3 Å². The minimum Gasteiger partial charge on any atom is -0.494 e. The molecule has 1 aliphatic carbocycles. The Morgan fingerprint density at radius 2 is 1.93 bits per heavy atom. The molecule has 1 saturated carbocycles. The van der Waals surface area contributed by atoms with Crippen LogP contribution in [0.25, 0.3) is 22.6 Å². The van der Waals surface area contributed by atoms with Crippen LogP contribution in [0, 0.1) is 17.2 Å². The van der Waals surface area contributed by atoms with Gasteiger partial charge in [-0.2, -0.15) is 5.26 Å². The highest BCUT2D eigenvalue weighted by atomic mass is 16.5. The van der Waals surface area contributed by atoms with Crippen LogP contribution in [0.4, 0.5) is 17.2 Å². The second-order valence-corrected chi connectivity index (χ2v) is 10.4. The Bertz CT molecular complexity index is 1900. The Morgan fingerprint density at radius 1 is 1.07 bits per heavy atom. The molecule has 5 aromatic rings. The first-order chi connectivity index (χ1) is 21.9. The lowest BCUT2D eigenvalue weighted by molar-refractivity contribution is -0.117. The summed E-state index contributed by atoms with van der Waals surface area (Å²) in [6.45, 7) is 0.231. The van der Waals surface area contributed by atoms with E-state index >= 15 is 0 Å². The molecule has 4 heterocycles. The van der Waals surface area contributed by atoms with E-state index in [4.69, 9.17) is 10.00 Å². The van der Waals surface area contributed by atoms with E-state index in [2.05, 4.69) is 46.8 Å². The van der Waals surface area contributed by atoms with E-state index in [1.165, 1.54) is 4.90 Å². The monoisotopic (exact) mass is 600 g/mol. The molecule has 0 spiro atoms. The average Bonchev–Trinajstić information content (AvgIpc) is 3.79. The number of hydrogen-bond donors (Lipinski definition) is 3. The van der Waals surface area contributed by atoms with Gasteiger partial charge in [0.1, 0.15) is 11.4 Å². The van der Waals surface area contributed by atoms with Gasteiger partial charge in [0.15, 0.2) is 17.3 Å². The zero-order chi connectivity index (χ0) is 31.3. The zero-order valence-electron chi connectivity index (χ0n) is 24.5. The topological polar surface area (TPSA) is 175 Å². The molecule has 0 saturated heterocycles. The Morgan fingerprint density at radius 3 is 2.64 bits per heavy atom. The number of pyridine rings is 2. The van der Waals surface area contributed by atoms with Crippen LogP contribution in [0.15, 0.2) is 73.3 Å². The van der Waals surface area contributed by atoms with Crippen molar-refractivity contribution in [2.45, 2.75) is 19.4 Å². The number of H-pyrrole nitrogens is 1. The number of nitriles is 1. The van der Waals surface area contributed by atoms with Gasteiger partial charge in [-0.1, -0.05) is 18.2 Å². The van der Waals surface area contributed by atoms with E-state index in [1.54, 1.807) is 69.3 Å². The van der Waals surface area contributed by atoms with E-state index in [9.17, 15) is 9.59 Å². The predicted octanol–water partition coefficient (Wildman–Crippen LogP) is 4.57. The van der Waals surface area contributed by atoms with Crippen LogP contribution in [0.1, 0.15) is 34.6 Å². The van der Waals surface area contributed by atoms with Gasteiger partial charge >= 0.3 is 0 Å². The Balaban J connectivity index is 1.25. The number of imidazole rings is 1. The minimum atomic E-state index is -0.284. The summed E-state index contributed by atoms with van der Waals surface area (Å²) in [5.74, 6) is 1.01. The van der Waals surface area contributed by atoms with Crippen LogP contribution >= 0.6 is 0 Å². The van der Waals surface area contributed by atoms with Crippen LogP contribution in [0.2, 0.25) is 0 Å². The summed E-state index contributed by atoms with van der Waals surface area (Å²) >= 11 is 0. The van der Waals surface area contributed by atoms with Gasteiger partial charge in [0.25, 0.3) is 5.91 Å². The highest BCUT2D eigenvalue weighted by Crippen LogP contribution is 2.39. The highest BCUT2D eigenvalue weighted by molar-refractivity contribution is 5.94. The van der Waals surface area contributed by atoms with Crippen molar-refractivity contribution in [2.75, 3.05) is 24.8 Å². The number of carbonyl (C=O) groups excluding carboxylic acids is 2. The fourth-order valence-corrected chi connectivity index (χ4v) is 4.74. The summed E-state index contributed by atoms with van der Waals surface area (Å²) in [5, 5.41) is 23.9. The lowest BCUT2D eigenvalue weighted by atomic mass is 10.0. The normalized spacial score (nSPS) is 12.2. The fraction of sp³-hybridized carbons (Fsp3) is 0.188. The molecule has 1 aromatic carbocycles. The first-order valence-electron chi connectivity index (χ1n) is 14.1. The van der Waals surface area contributed by atoms with Gasteiger partial charge in [-0.3, -0.25) is 19.6 Å². The number of amides is 2. The van der Waals surface area contributed by atoms with E-state index in [-0.39, 0.29) is 30.0 Å². The van der Waals surface area contributed by atoms with Gasteiger partial charge in [-0.05, 0) is 37.1 Å². The van der Waals surface area contributed by atoms with E-state index in [1.807, 2.05) is 18.2 Å². The van der Waals surface area contributed by atoms with Crippen LogP contribution in [-0.4, -0.2) is 61.0 Å². The number of anilines is 3. The third kappa shape index (κ3) is 6.45. The molecule has 4 aromatic heterocycles. The van der Waals surface area contributed by atoms with Gasteiger partial charge < -0.3 is 25.3 Å². The SMILES string of the molecule is COc1c(Nc2cc(NC(=O)C3CC3)nnc2-c2ncc[nH]2)cccc1-c1ccc(C(=O)N(C)Cc2cc(C#N)ccn2)nc1. The molecule has 13 nitrogen and oxygen atoms in total. The Kier molecular flexibility index (Phi) is 8.10. The molecule has 3 N–H and O–H groups in total. The van der Waals surface area contributed by atoms with Crippen molar-refractivity contribution in [1.29, 1.82) is 5.26 Å². The van der Waals surface area contributed by atoms with Crippen molar-refractivity contribution in [2.24, 2.45) is 5.92 Å². The molecule has 1 fully saturated rings. The summed E-state index contributed by atoms with van der Waals surface area (Å²) < 4.78 is 5.84. The average molecular weight is 601 g/mol.